The highest BCUT2D eigenvalue weighted by molar-refractivity contribution is 5.94. The number of pyridine rings is 1. The van der Waals surface area contributed by atoms with Crippen LogP contribution < -0.4 is 10.1 Å². The van der Waals surface area contributed by atoms with E-state index < -0.39 is 17.8 Å². The van der Waals surface area contributed by atoms with Crippen molar-refractivity contribution in [3.8, 4) is 5.75 Å². The molecule has 0 bridgehead atoms. The standard InChI is InChI=1S/C29H33FN4O4/c1-38-26-11-9-21(16-23(26)30)24(17-27(35)36)34-14-13-33-18-19(15-25(33)29(34)37)5-2-3-7-22-10-8-20-6-4-12-31-28(20)32-22/h8-11,15-16,18,24H,2-7,12-14,17H2,1H3,(H,31,32)(H,35,36)/t24-/m0/s1. The number of hydrogen-bond acceptors (Lipinski definition) is 5. The fourth-order valence-electron chi connectivity index (χ4n) is 5.44. The van der Waals surface area contributed by atoms with Gasteiger partial charge in [0, 0.05) is 31.5 Å². The lowest BCUT2D eigenvalue weighted by molar-refractivity contribution is -0.138. The van der Waals surface area contributed by atoms with E-state index in [1.807, 2.05) is 16.8 Å². The van der Waals surface area contributed by atoms with Crippen LogP contribution in [0.15, 0.2) is 42.6 Å². The average molecular weight is 521 g/mol. The molecule has 4 heterocycles. The number of ether oxygens (including phenoxy) is 1. The zero-order chi connectivity index (χ0) is 26.6. The fraction of sp³-hybridized carbons (Fsp3) is 0.414. The maximum atomic E-state index is 14.4. The largest absolute Gasteiger partial charge is 0.494 e. The van der Waals surface area contributed by atoms with Gasteiger partial charge in [0.1, 0.15) is 11.5 Å². The van der Waals surface area contributed by atoms with E-state index in [1.54, 1.807) is 11.0 Å². The van der Waals surface area contributed by atoms with E-state index in [0.717, 1.165) is 62.1 Å². The number of carboxylic acid groups (broad SMARTS) is 1. The molecule has 0 radical (unpaired) electrons. The van der Waals surface area contributed by atoms with Gasteiger partial charge in [0.05, 0.1) is 19.6 Å². The molecule has 8 nitrogen and oxygen atoms in total. The first kappa shape index (κ1) is 25.8. The fourth-order valence-corrected chi connectivity index (χ4v) is 5.44. The number of amides is 1. The number of carbonyl (C=O) groups is 2. The molecule has 2 N–H and O–H groups in total. The number of nitrogens with one attached hydrogen (secondary N) is 1. The highest BCUT2D eigenvalue weighted by atomic mass is 19.1. The number of aliphatic carboxylic acids is 1. The number of rotatable bonds is 10. The van der Waals surface area contributed by atoms with Gasteiger partial charge in [0.15, 0.2) is 11.6 Å². The van der Waals surface area contributed by atoms with Gasteiger partial charge in [-0.1, -0.05) is 12.1 Å². The highest BCUT2D eigenvalue weighted by Gasteiger charge is 2.33. The van der Waals surface area contributed by atoms with Crippen LogP contribution in [0.1, 0.15) is 64.6 Å². The average Bonchev–Trinajstić information content (AvgIpc) is 3.34. The molecular formula is C29H33FN4O4. The molecule has 0 unspecified atom stereocenters. The number of benzene rings is 1. The summed E-state index contributed by atoms with van der Waals surface area (Å²) in [6.45, 7) is 1.89. The van der Waals surface area contributed by atoms with Crippen LogP contribution in [0.3, 0.4) is 0 Å². The minimum atomic E-state index is -1.05. The van der Waals surface area contributed by atoms with Crippen LogP contribution in [0.5, 0.6) is 5.75 Å². The van der Waals surface area contributed by atoms with Crippen molar-refractivity contribution in [2.45, 2.75) is 57.5 Å². The number of nitrogens with zero attached hydrogens (tertiary/aromatic N) is 3. The van der Waals surface area contributed by atoms with Gasteiger partial charge >= 0.3 is 5.97 Å². The third-order valence-electron chi connectivity index (χ3n) is 7.42. The maximum Gasteiger partial charge on any atom is 0.305 e. The summed E-state index contributed by atoms with van der Waals surface area (Å²) in [5.74, 6) is -0.779. The topological polar surface area (TPSA) is 96.7 Å². The van der Waals surface area contributed by atoms with Gasteiger partial charge in [-0.15, -0.1) is 0 Å². The van der Waals surface area contributed by atoms with E-state index in [2.05, 4.69) is 17.4 Å². The summed E-state index contributed by atoms with van der Waals surface area (Å²) in [4.78, 5) is 31.4. The molecule has 0 saturated carbocycles. The van der Waals surface area contributed by atoms with Crippen molar-refractivity contribution in [1.82, 2.24) is 14.5 Å². The third kappa shape index (κ3) is 5.51. The van der Waals surface area contributed by atoms with Crippen molar-refractivity contribution in [2.75, 3.05) is 25.5 Å². The Morgan fingerprint density at radius 3 is 2.82 bits per heavy atom. The number of aryl methyl sites for hydroxylation is 3. The number of aromatic nitrogens is 2. The highest BCUT2D eigenvalue weighted by Crippen LogP contribution is 2.32. The second kappa shape index (κ2) is 11.2. The molecule has 0 fully saturated rings. The van der Waals surface area contributed by atoms with Crippen LogP contribution in [-0.2, 0) is 30.6 Å². The molecule has 0 saturated heterocycles. The number of unbranched alkanes of at least 4 members (excludes halogenated alkanes) is 1. The molecule has 2 aliphatic rings. The van der Waals surface area contributed by atoms with E-state index in [-0.39, 0.29) is 18.1 Å². The van der Waals surface area contributed by atoms with Crippen LogP contribution in [-0.4, -0.2) is 51.6 Å². The summed E-state index contributed by atoms with van der Waals surface area (Å²) >= 11 is 0. The Morgan fingerprint density at radius 2 is 2.03 bits per heavy atom. The lowest BCUT2D eigenvalue weighted by Crippen LogP contribution is -2.43. The number of halogens is 1. The number of methoxy groups -OCH3 is 1. The zero-order valence-electron chi connectivity index (χ0n) is 21.6. The molecule has 0 spiro atoms. The molecule has 5 rings (SSSR count). The van der Waals surface area contributed by atoms with Crippen molar-refractivity contribution in [3.63, 3.8) is 0 Å². The predicted molar refractivity (Wildman–Crippen MR) is 141 cm³/mol. The molecule has 3 aromatic rings. The SMILES string of the molecule is COc1ccc([C@H](CC(=O)O)N2CCn3cc(CCCCc4ccc5c(n4)NCCC5)cc3C2=O)cc1F. The maximum absolute atomic E-state index is 14.4. The smallest absolute Gasteiger partial charge is 0.305 e. The van der Waals surface area contributed by atoms with Gasteiger partial charge in [0.25, 0.3) is 5.91 Å². The minimum absolute atomic E-state index is 0.0744. The van der Waals surface area contributed by atoms with E-state index in [9.17, 15) is 19.1 Å². The van der Waals surface area contributed by atoms with Gasteiger partial charge in [-0.3, -0.25) is 9.59 Å². The minimum Gasteiger partial charge on any atom is -0.494 e. The summed E-state index contributed by atoms with van der Waals surface area (Å²) in [6.07, 6.45) is 7.66. The van der Waals surface area contributed by atoms with E-state index in [4.69, 9.17) is 9.72 Å². The summed E-state index contributed by atoms with van der Waals surface area (Å²) in [6, 6.07) is 9.78. The number of carboxylic acids is 1. The number of carbonyl (C=O) groups excluding carboxylic acids is 1. The molecule has 38 heavy (non-hydrogen) atoms. The lowest BCUT2D eigenvalue weighted by atomic mass is 10.00. The summed E-state index contributed by atoms with van der Waals surface area (Å²) in [5, 5.41) is 12.9. The summed E-state index contributed by atoms with van der Waals surface area (Å²) < 4.78 is 21.3. The molecule has 0 aliphatic carbocycles. The van der Waals surface area contributed by atoms with Crippen LogP contribution in [0.25, 0.3) is 0 Å². The van der Waals surface area contributed by atoms with Crippen molar-refractivity contribution in [3.05, 3.63) is 76.5 Å². The first-order valence-corrected chi connectivity index (χ1v) is 13.2. The third-order valence-corrected chi connectivity index (χ3v) is 7.42. The van der Waals surface area contributed by atoms with Crippen LogP contribution in [0.2, 0.25) is 0 Å². The van der Waals surface area contributed by atoms with Crippen LogP contribution >= 0.6 is 0 Å². The molecule has 200 valence electrons. The van der Waals surface area contributed by atoms with Gasteiger partial charge < -0.3 is 24.6 Å². The van der Waals surface area contributed by atoms with Crippen molar-refractivity contribution in [2.24, 2.45) is 0 Å². The summed E-state index contributed by atoms with van der Waals surface area (Å²) in [5.41, 5.74) is 4.45. The Morgan fingerprint density at radius 1 is 1.18 bits per heavy atom. The monoisotopic (exact) mass is 520 g/mol. The van der Waals surface area contributed by atoms with E-state index in [1.165, 1.54) is 24.8 Å². The Labute approximate surface area is 221 Å². The van der Waals surface area contributed by atoms with Gasteiger partial charge in [-0.05, 0) is 79.5 Å². The molecule has 1 aromatic carbocycles. The van der Waals surface area contributed by atoms with Crippen LogP contribution in [0, 0.1) is 5.82 Å². The first-order chi connectivity index (χ1) is 18.4. The number of hydrogen-bond donors (Lipinski definition) is 2. The van der Waals surface area contributed by atoms with Crippen molar-refractivity contribution in [1.29, 1.82) is 0 Å². The zero-order valence-corrected chi connectivity index (χ0v) is 21.6. The summed E-state index contributed by atoms with van der Waals surface area (Å²) in [7, 11) is 1.37. The second-order valence-electron chi connectivity index (χ2n) is 9.98. The molecule has 1 amide bonds. The molecule has 2 aromatic heterocycles. The first-order valence-electron chi connectivity index (χ1n) is 13.2. The predicted octanol–water partition coefficient (Wildman–Crippen LogP) is 4.63. The molecular weight excluding hydrogens is 487 g/mol. The molecule has 9 heteroatoms. The molecule has 2 aliphatic heterocycles. The number of anilines is 1. The normalized spacial score (nSPS) is 15.4. The van der Waals surface area contributed by atoms with Gasteiger partial charge in [-0.2, -0.15) is 0 Å². The van der Waals surface area contributed by atoms with Crippen molar-refractivity contribution >= 4 is 17.7 Å². The molecule has 1 atom stereocenters. The van der Waals surface area contributed by atoms with Gasteiger partial charge in [-0.25, -0.2) is 9.37 Å². The van der Waals surface area contributed by atoms with Crippen molar-refractivity contribution < 1.29 is 23.8 Å². The quantitative estimate of drug-likeness (QED) is 0.379. The Kier molecular flexibility index (Phi) is 7.62. The number of fused-ring (bicyclic) bond motifs is 2. The van der Waals surface area contributed by atoms with Gasteiger partial charge in [0.2, 0.25) is 0 Å². The van der Waals surface area contributed by atoms with E-state index in [0.29, 0.717) is 24.3 Å². The Balaban J connectivity index is 1.23. The Hall–Kier alpha value is -3.88. The lowest BCUT2D eigenvalue weighted by Gasteiger charge is -2.35. The Bertz CT molecular complexity index is 1340. The van der Waals surface area contributed by atoms with Crippen LogP contribution in [0.4, 0.5) is 10.2 Å². The second-order valence-corrected chi connectivity index (χ2v) is 9.98. The van der Waals surface area contributed by atoms with E-state index >= 15 is 0 Å².